The van der Waals surface area contributed by atoms with Gasteiger partial charge in [-0.1, -0.05) is 29.3 Å². The van der Waals surface area contributed by atoms with E-state index < -0.39 is 0 Å². The highest BCUT2D eigenvalue weighted by molar-refractivity contribution is 6.35. The van der Waals surface area contributed by atoms with Crippen molar-refractivity contribution in [1.29, 1.82) is 0 Å². The number of guanidine groups is 1. The second-order valence-electron chi connectivity index (χ2n) is 6.37. The monoisotopic (exact) mass is 394 g/mol. The van der Waals surface area contributed by atoms with Gasteiger partial charge in [-0.05, 0) is 44.4 Å². The van der Waals surface area contributed by atoms with Crippen LogP contribution in [0.3, 0.4) is 0 Å². The van der Waals surface area contributed by atoms with Crippen LogP contribution in [0.15, 0.2) is 23.2 Å². The van der Waals surface area contributed by atoms with E-state index in [1.54, 1.807) is 6.07 Å². The van der Waals surface area contributed by atoms with Crippen LogP contribution in [0.1, 0.15) is 49.9 Å². The van der Waals surface area contributed by atoms with Gasteiger partial charge in [0.15, 0.2) is 11.8 Å². The van der Waals surface area contributed by atoms with Gasteiger partial charge in [-0.15, -0.1) is 10.2 Å². The number of nitrogens with one attached hydrogen (secondary N) is 2. The summed E-state index contributed by atoms with van der Waals surface area (Å²) < 4.78 is 2.19. The number of rotatable bonds is 5. The van der Waals surface area contributed by atoms with Crippen LogP contribution in [0.25, 0.3) is 0 Å². The minimum atomic E-state index is -0.00937. The van der Waals surface area contributed by atoms with E-state index in [1.165, 1.54) is 12.8 Å². The molecule has 0 spiro atoms. The van der Waals surface area contributed by atoms with Gasteiger partial charge in [0.2, 0.25) is 0 Å². The van der Waals surface area contributed by atoms with E-state index in [1.807, 2.05) is 26.0 Å². The standard InChI is InChI=1S/C18H24Cl2N6/c1-3-21-18(23-12(2)14-8-7-13(19)10-15(14)20)22-11-17-25-24-16-6-4-5-9-26(16)17/h7-8,10,12H,3-6,9,11H2,1-2H3,(H2,21,22,23). The molecule has 0 saturated heterocycles. The Kier molecular flexibility index (Phi) is 6.38. The Bertz CT molecular complexity index is 786. The van der Waals surface area contributed by atoms with Gasteiger partial charge in [0, 0.05) is 29.6 Å². The summed E-state index contributed by atoms with van der Waals surface area (Å²) >= 11 is 12.3. The Balaban J connectivity index is 1.72. The molecule has 140 valence electrons. The molecule has 0 fully saturated rings. The van der Waals surface area contributed by atoms with E-state index in [2.05, 4.69) is 30.4 Å². The van der Waals surface area contributed by atoms with Gasteiger partial charge in [0.1, 0.15) is 12.4 Å². The van der Waals surface area contributed by atoms with E-state index in [0.29, 0.717) is 16.6 Å². The van der Waals surface area contributed by atoms with Crippen LogP contribution in [0.4, 0.5) is 0 Å². The molecule has 0 radical (unpaired) electrons. The smallest absolute Gasteiger partial charge is 0.192 e. The second-order valence-corrected chi connectivity index (χ2v) is 7.21. The van der Waals surface area contributed by atoms with Crippen LogP contribution in [0.2, 0.25) is 10.0 Å². The highest BCUT2D eigenvalue weighted by atomic mass is 35.5. The maximum atomic E-state index is 6.32. The highest BCUT2D eigenvalue weighted by Crippen LogP contribution is 2.26. The molecular weight excluding hydrogens is 371 g/mol. The molecule has 1 unspecified atom stereocenters. The van der Waals surface area contributed by atoms with Crippen LogP contribution in [-0.4, -0.2) is 27.3 Å². The molecule has 0 saturated carbocycles. The second kappa shape index (κ2) is 8.73. The third-order valence-corrected chi connectivity index (χ3v) is 5.00. The molecule has 1 aliphatic rings. The molecule has 0 bridgehead atoms. The molecule has 1 aromatic carbocycles. The van der Waals surface area contributed by atoms with Crippen molar-refractivity contribution in [2.45, 2.75) is 52.2 Å². The van der Waals surface area contributed by atoms with Crippen molar-refractivity contribution in [3.8, 4) is 0 Å². The van der Waals surface area contributed by atoms with Crippen LogP contribution in [-0.2, 0) is 19.5 Å². The fourth-order valence-corrected chi connectivity index (χ4v) is 3.66. The first-order valence-electron chi connectivity index (χ1n) is 8.99. The van der Waals surface area contributed by atoms with Gasteiger partial charge in [-0.25, -0.2) is 4.99 Å². The summed E-state index contributed by atoms with van der Waals surface area (Å²) in [6.45, 7) is 6.32. The van der Waals surface area contributed by atoms with Crippen molar-refractivity contribution in [2.75, 3.05) is 6.54 Å². The summed E-state index contributed by atoms with van der Waals surface area (Å²) in [7, 11) is 0. The molecule has 8 heteroatoms. The van der Waals surface area contributed by atoms with E-state index >= 15 is 0 Å². The molecule has 26 heavy (non-hydrogen) atoms. The number of benzene rings is 1. The van der Waals surface area contributed by atoms with E-state index in [0.717, 1.165) is 42.7 Å². The molecule has 3 rings (SSSR count). The Hall–Kier alpha value is -1.79. The Morgan fingerprint density at radius 2 is 2.15 bits per heavy atom. The fraction of sp³-hybridized carbons (Fsp3) is 0.500. The lowest BCUT2D eigenvalue weighted by molar-refractivity contribution is 0.508. The first-order valence-corrected chi connectivity index (χ1v) is 9.74. The highest BCUT2D eigenvalue weighted by Gasteiger charge is 2.16. The average Bonchev–Trinajstić information content (AvgIpc) is 3.03. The number of hydrogen-bond donors (Lipinski definition) is 2. The SMILES string of the molecule is CCNC(=NCc1nnc2n1CCCC2)NC(C)c1ccc(Cl)cc1Cl. The predicted molar refractivity (Wildman–Crippen MR) is 106 cm³/mol. The number of fused-ring (bicyclic) bond motifs is 1. The molecule has 2 aromatic rings. The molecule has 2 N–H and O–H groups in total. The quantitative estimate of drug-likeness (QED) is 0.598. The minimum absolute atomic E-state index is 0.00937. The summed E-state index contributed by atoms with van der Waals surface area (Å²) in [6.07, 6.45) is 3.36. The van der Waals surface area contributed by atoms with Gasteiger partial charge in [-0.3, -0.25) is 0 Å². The summed E-state index contributed by atoms with van der Waals surface area (Å²) in [6, 6.07) is 5.52. The van der Waals surface area contributed by atoms with Gasteiger partial charge in [0.05, 0.1) is 6.04 Å². The van der Waals surface area contributed by atoms with Gasteiger partial charge in [-0.2, -0.15) is 0 Å². The number of aromatic nitrogens is 3. The lowest BCUT2D eigenvalue weighted by Gasteiger charge is -2.19. The number of aliphatic imine (C=N–C) groups is 1. The zero-order chi connectivity index (χ0) is 18.5. The predicted octanol–water partition coefficient (Wildman–Crippen LogP) is 3.74. The van der Waals surface area contributed by atoms with E-state index in [9.17, 15) is 0 Å². The van der Waals surface area contributed by atoms with Crippen molar-refractivity contribution in [3.05, 3.63) is 45.5 Å². The molecule has 6 nitrogen and oxygen atoms in total. The van der Waals surface area contributed by atoms with Crippen molar-refractivity contribution >= 4 is 29.2 Å². The van der Waals surface area contributed by atoms with Crippen LogP contribution in [0.5, 0.6) is 0 Å². The number of nitrogens with zero attached hydrogens (tertiary/aromatic N) is 4. The molecule has 1 aliphatic heterocycles. The maximum absolute atomic E-state index is 6.32. The zero-order valence-electron chi connectivity index (χ0n) is 15.1. The first kappa shape index (κ1) is 19.0. The molecular formula is C18H24Cl2N6. The summed E-state index contributed by atoms with van der Waals surface area (Å²) in [5, 5.41) is 16.5. The van der Waals surface area contributed by atoms with Crippen molar-refractivity contribution < 1.29 is 0 Å². The normalized spacial score (nSPS) is 15.5. The number of halogens is 2. The number of aryl methyl sites for hydroxylation is 1. The van der Waals surface area contributed by atoms with Crippen molar-refractivity contribution in [2.24, 2.45) is 4.99 Å². The van der Waals surface area contributed by atoms with E-state index in [4.69, 9.17) is 23.2 Å². The summed E-state index contributed by atoms with van der Waals surface area (Å²) in [5.41, 5.74) is 0.974. The minimum Gasteiger partial charge on any atom is -0.357 e. The summed E-state index contributed by atoms with van der Waals surface area (Å²) in [5.74, 6) is 2.70. The Morgan fingerprint density at radius 1 is 1.31 bits per heavy atom. The molecule has 1 aromatic heterocycles. The summed E-state index contributed by atoms with van der Waals surface area (Å²) in [4.78, 5) is 4.68. The Morgan fingerprint density at radius 3 is 2.92 bits per heavy atom. The van der Waals surface area contributed by atoms with Gasteiger partial charge < -0.3 is 15.2 Å². The lowest BCUT2D eigenvalue weighted by Crippen LogP contribution is -2.38. The van der Waals surface area contributed by atoms with Gasteiger partial charge in [0.25, 0.3) is 0 Å². The van der Waals surface area contributed by atoms with Crippen LogP contribution >= 0.6 is 23.2 Å². The topological polar surface area (TPSA) is 67.1 Å². The lowest BCUT2D eigenvalue weighted by atomic mass is 10.1. The van der Waals surface area contributed by atoms with Crippen molar-refractivity contribution in [1.82, 2.24) is 25.4 Å². The zero-order valence-corrected chi connectivity index (χ0v) is 16.6. The van der Waals surface area contributed by atoms with Crippen molar-refractivity contribution in [3.63, 3.8) is 0 Å². The maximum Gasteiger partial charge on any atom is 0.192 e. The molecule has 1 atom stereocenters. The first-order chi connectivity index (χ1) is 12.6. The number of hydrogen-bond acceptors (Lipinski definition) is 3. The van der Waals surface area contributed by atoms with Crippen LogP contribution in [0, 0.1) is 0 Å². The largest absolute Gasteiger partial charge is 0.357 e. The van der Waals surface area contributed by atoms with E-state index in [-0.39, 0.29) is 6.04 Å². The molecule has 0 amide bonds. The molecule has 0 aliphatic carbocycles. The fourth-order valence-electron chi connectivity index (χ4n) is 3.09. The van der Waals surface area contributed by atoms with Crippen LogP contribution < -0.4 is 10.6 Å². The molecule has 2 heterocycles. The Labute approximate surface area is 164 Å². The van der Waals surface area contributed by atoms with Gasteiger partial charge >= 0.3 is 0 Å². The third kappa shape index (κ3) is 4.48. The third-order valence-electron chi connectivity index (χ3n) is 4.44. The average molecular weight is 395 g/mol.